The van der Waals surface area contributed by atoms with Gasteiger partial charge in [-0.2, -0.15) is 0 Å². The zero-order chi connectivity index (χ0) is 12.2. The molecule has 98 valence electrons. The second-order valence-electron chi connectivity index (χ2n) is 6.64. The second kappa shape index (κ2) is 3.93. The predicted octanol–water partition coefficient (Wildman–Crippen LogP) is 3.26. The Morgan fingerprint density at radius 3 is 2.72 bits per heavy atom. The molecule has 4 rings (SSSR count). The first-order chi connectivity index (χ1) is 8.82. The number of hydrogen-bond acceptors (Lipinski definition) is 2. The number of rotatable bonds is 1. The minimum atomic E-state index is -0.132. The molecule has 0 amide bonds. The molecule has 2 heterocycles. The molecule has 0 radical (unpaired) electrons. The van der Waals surface area contributed by atoms with Gasteiger partial charge in [0, 0.05) is 5.92 Å². The second-order valence-corrected chi connectivity index (χ2v) is 6.64. The van der Waals surface area contributed by atoms with Crippen molar-refractivity contribution in [3.05, 3.63) is 12.2 Å². The van der Waals surface area contributed by atoms with Crippen LogP contribution in [0.25, 0.3) is 0 Å². The van der Waals surface area contributed by atoms with E-state index in [2.05, 4.69) is 12.2 Å². The van der Waals surface area contributed by atoms with Crippen molar-refractivity contribution >= 4 is 5.78 Å². The molecule has 3 fully saturated rings. The molecule has 2 nitrogen and oxygen atoms in total. The van der Waals surface area contributed by atoms with Crippen molar-refractivity contribution in [1.82, 2.24) is 0 Å². The lowest BCUT2D eigenvalue weighted by Gasteiger charge is -2.52. The fourth-order valence-corrected chi connectivity index (χ4v) is 5.06. The van der Waals surface area contributed by atoms with Gasteiger partial charge >= 0.3 is 0 Å². The third kappa shape index (κ3) is 1.30. The minimum Gasteiger partial charge on any atom is -0.365 e. The highest BCUT2D eigenvalue weighted by molar-refractivity contribution is 5.91. The molecule has 0 aromatic heterocycles. The summed E-state index contributed by atoms with van der Waals surface area (Å²) in [6.07, 6.45) is 14.4. The van der Waals surface area contributed by atoms with E-state index in [-0.39, 0.29) is 23.5 Å². The van der Waals surface area contributed by atoms with Crippen LogP contribution in [0, 0.1) is 17.3 Å². The van der Waals surface area contributed by atoms with Crippen molar-refractivity contribution < 1.29 is 9.53 Å². The Hall–Kier alpha value is -0.630. The van der Waals surface area contributed by atoms with E-state index in [0.717, 1.165) is 12.8 Å². The molecule has 0 unspecified atom stereocenters. The highest BCUT2D eigenvalue weighted by atomic mass is 16.5. The molecule has 18 heavy (non-hydrogen) atoms. The molecule has 2 heteroatoms. The number of Topliss-reactive ketones (excluding diaryl/α,β-unsaturated/α-hetero) is 1. The van der Waals surface area contributed by atoms with Gasteiger partial charge in [0.2, 0.25) is 0 Å². The van der Waals surface area contributed by atoms with Crippen LogP contribution in [0.1, 0.15) is 51.4 Å². The van der Waals surface area contributed by atoms with Crippen LogP contribution in [0.3, 0.4) is 0 Å². The third-order valence-corrected chi connectivity index (χ3v) is 5.92. The minimum absolute atomic E-state index is 0.106. The van der Waals surface area contributed by atoms with Gasteiger partial charge in [-0.1, -0.05) is 37.8 Å². The van der Waals surface area contributed by atoms with Crippen molar-refractivity contribution in [3.8, 4) is 0 Å². The first kappa shape index (κ1) is 11.2. The maximum Gasteiger partial charge on any atom is 0.148 e. The summed E-state index contributed by atoms with van der Waals surface area (Å²) in [6.45, 7) is 0. The Morgan fingerprint density at radius 2 is 1.89 bits per heavy atom. The van der Waals surface area contributed by atoms with Crippen molar-refractivity contribution in [2.24, 2.45) is 17.3 Å². The Labute approximate surface area is 109 Å². The Kier molecular flexibility index (Phi) is 2.45. The first-order valence-electron chi connectivity index (χ1n) is 7.70. The smallest absolute Gasteiger partial charge is 0.148 e. The average Bonchev–Trinajstić information content (AvgIpc) is 2.87. The number of ether oxygens (including phenoxy) is 1. The lowest BCUT2D eigenvalue weighted by atomic mass is 9.55. The normalized spacial score (nSPS) is 47.6. The molecular formula is C16H22O2. The topological polar surface area (TPSA) is 26.3 Å². The van der Waals surface area contributed by atoms with Crippen LogP contribution in [0.15, 0.2) is 12.2 Å². The molecule has 1 saturated heterocycles. The number of carbonyl (C=O) groups excluding carboxylic acids is 1. The van der Waals surface area contributed by atoms with Gasteiger partial charge in [0.05, 0.1) is 17.6 Å². The lowest BCUT2D eigenvalue weighted by Crippen LogP contribution is -2.58. The van der Waals surface area contributed by atoms with E-state index in [9.17, 15) is 4.79 Å². The summed E-state index contributed by atoms with van der Waals surface area (Å²) in [7, 11) is 0. The number of carbonyl (C=O) groups is 1. The van der Waals surface area contributed by atoms with Crippen LogP contribution in [-0.4, -0.2) is 18.0 Å². The van der Waals surface area contributed by atoms with E-state index >= 15 is 0 Å². The van der Waals surface area contributed by atoms with Crippen LogP contribution in [0.5, 0.6) is 0 Å². The molecule has 2 aliphatic carbocycles. The molecule has 0 N–H and O–H groups in total. The monoisotopic (exact) mass is 246 g/mol. The zero-order valence-corrected chi connectivity index (χ0v) is 10.9. The quantitative estimate of drug-likeness (QED) is 0.664. The van der Waals surface area contributed by atoms with E-state index in [4.69, 9.17) is 4.74 Å². The van der Waals surface area contributed by atoms with Crippen molar-refractivity contribution in [2.45, 2.75) is 63.6 Å². The zero-order valence-electron chi connectivity index (χ0n) is 10.9. The van der Waals surface area contributed by atoms with Gasteiger partial charge in [0.25, 0.3) is 0 Å². The fourth-order valence-electron chi connectivity index (χ4n) is 5.06. The van der Waals surface area contributed by atoms with E-state index in [1.54, 1.807) is 0 Å². The highest BCUT2D eigenvalue weighted by Crippen LogP contribution is 2.56. The molecular weight excluding hydrogens is 224 g/mol. The summed E-state index contributed by atoms with van der Waals surface area (Å²) >= 11 is 0. The first-order valence-corrected chi connectivity index (χ1v) is 7.70. The summed E-state index contributed by atoms with van der Waals surface area (Å²) in [5, 5.41) is 0. The molecule has 0 aromatic carbocycles. The molecule has 2 aliphatic heterocycles. The van der Waals surface area contributed by atoms with Crippen LogP contribution in [0.2, 0.25) is 0 Å². The van der Waals surface area contributed by atoms with Crippen molar-refractivity contribution in [2.75, 3.05) is 0 Å². The average molecular weight is 246 g/mol. The third-order valence-electron chi connectivity index (χ3n) is 5.92. The maximum absolute atomic E-state index is 13.0. The number of hydrogen-bond donors (Lipinski definition) is 0. The van der Waals surface area contributed by atoms with Crippen LogP contribution < -0.4 is 0 Å². The fraction of sp³-hybridized carbons (Fsp3) is 0.812. The van der Waals surface area contributed by atoms with E-state index < -0.39 is 0 Å². The van der Waals surface area contributed by atoms with Gasteiger partial charge in [-0.05, 0) is 31.6 Å². The van der Waals surface area contributed by atoms with Gasteiger partial charge in [-0.15, -0.1) is 0 Å². The van der Waals surface area contributed by atoms with E-state index in [0.29, 0.717) is 11.7 Å². The summed E-state index contributed by atoms with van der Waals surface area (Å²) in [5.74, 6) is 1.33. The number of fused-ring (bicyclic) bond motifs is 6. The molecule has 0 spiro atoms. The van der Waals surface area contributed by atoms with Gasteiger partial charge in [-0.3, -0.25) is 4.79 Å². The molecule has 2 saturated carbocycles. The number of ketones is 1. The van der Waals surface area contributed by atoms with Crippen molar-refractivity contribution in [1.29, 1.82) is 0 Å². The van der Waals surface area contributed by atoms with Crippen LogP contribution in [0.4, 0.5) is 0 Å². The standard InChI is InChI=1S/C16H22O2/c17-15-12-7-4-10-16(15,11-5-2-1-3-6-11)14-9-8-13(12)18-14/h8-9,11-14H,1-7,10H2/t12-,13+,14-,16+/m0/s1. The van der Waals surface area contributed by atoms with Crippen molar-refractivity contribution in [3.63, 3.8) is 0 Å². The molecule has 4 atom stereocenters. The lowest BCUT2D eigenvalue weighted by molar-refractivity contribution is -0.178. The van der Waals surface area contributed by atoms with Gasteiger partial charge in [0.15, 0.2) is 0 Å². The van der Waals surface area contributed by atoms with E-state index in [1.807, 2.05) is 0 Å². The van der Waals surface area contributed by atoms with Gasteiger partial charge in [0.1, 0.15) is 5.78 Å². The summed E-state index contributed by atoms with van der Waals surface area (Å²) < 4.78 is 6.16. The highest BCUT2D eigenvalue weighted by Gasteiger charge is 2.60. The largest absolute Gasteiger partial charge is 0.365 e. The summed E-state index contributed by atoms with van der Waals surface area (Å²) in [4.78, 5) is 13.0. The van der Waals surface area contributed by atoms with Crippen LogP contribution >= 0.6 is 0 Å². The molecule has 0 aromatic rings. The predicted molar refractivity (Wildman–Crippen MR) is 69.2 cm³/mol. The van der Waals surface area contributed by atoms with Gasteiger partial charge in [-0.25, -0.2) is 0 Å². The molecule has 4 bridgehead atoms. The Morgan fingerprint density at radius 1 is 1.06 bits per heavy atom. The summed E-state index contributed by atoms with van der Waals surface area (Å²) in [6, 6.07) is 0. The molecule has 4 aliphatic rings. The van der Waals surface area contributed by atoms with Gasteiger partial charge < -0.3 is 4.74 Å². The maximum atomic E-state index is 13.0. The Balaban J connectivity index is 1.75. The SMILES string of the molecule is O=C1[C@H]2CCC[C@@]1(C1CCCCC1)[C@@H]1C=C[C@H]2O1. The van der Waals surface area contributed by atoms with Crippen LogP contribution in [-0.2, 0) is 9.53 Å². The Bertz CT molecular complexity index is 394. The summed E-state index contributed by atoms with van der Waals surface area (Å²) in [5.41, 5.74) is -0.132. The van der Waals surface area contributed by atoms with E-state index in [1.165, 1.54) is 38.5 Å².